The van der Waals surface area contributed by atoms with E-state index in [1.807, 2.05) is 19.0 Å². The summed E-state index contributed by atoms with van der Waals surface area (Å²) in [7, 11) is 3.73. The Bertz CT molecular complexity index is 1170. The van der Waals surface area contributed by atoms with Gasteiger partial charge in [0.15, 0.2) is 0 Å². The van der Waals surface area contributed by atoms with Crippen LogP contribution in [-0.2, 0) is 0 Å². The molecule has 29 heavy (non-hydrogen) atoms. The van der Waals surface area contributed by atoms with Crippen LogP contribution in [-0.4, -0.2) is 58.7 Å². The SMILES string of the molecule is CN(C)CCN1C(=O)c2cccc3cc(-c4ncccc4[N+](=O)[O-])cc(c23)C1=O. The number of hydrogen-bond acceptors (Lipinski definition) is 6. The molecule has 1 aliphatic rings. The second-order valence-electron chi connectivity index (χ2n) is 7.12. The predicted octanol–water partition coefficient (Wildman–Crippen LogP) is 2.97. The van der Waals surface area contributed by atoms with Crippen LogP contribution in [0.5, 0.6) is 0 Å². The van der Waals surface area contributed by atoms with E-state index in [0.717, 1.165) is 0 Å². The van der Waals surface area contributed by atoms with E-state index in [9.17, 15) is 19.7 Å². The van der Waals surface area contributed by atoms with Crippen molar-refractivity contribution in [2.45, 2.75) is 0 Å². The van der Waals surface area contributed by atoms with Crippen molar-refractivity contribution < 1.29 is 14.5 Å². The number of benzene rings is 2. The molecule has 2 heterocycles. The highest BCUT2D eigenvalue weighted by Gasteiger charge is 2.33. The minimum Gasteiger partial charge on any atom is -0.308 e. The van der Waals surface area contributed by atoms with Gasteiger partial charge >= 0.3 is 0 Å². The van der Waals surface area contributed by atoms with Crippen LogP contribution in [0.2, 0.25) is 0 Å². The lowest BCUT2D eigenvalue weighted by atomic mass is 9.91. The third-order valence-electron chi connectivity index (χ3n) is 4.96. The third kappa shape index (κ3) is 3.13. The Morgan fingerprint density at radius 2 is 1.83 bits per heavy atom. The first kappa shape index (κ1) is 18.7. The van der Waals surface area contributed by atoms with Crippen LogP contribution in [0.15, 0.2) is 48.7 Å². The molecule has 0 saturated heterocycles. The van der Waals surface area contributed by atoms with Crippen molar-refractivity contribution in [1.29, 1.82) is 0 Å². The summed E-state index contributed by atoms with van der Waals surface area (Å²) in [4.78, 5) is 44.3. The molecular formula is C21H18N4O4. The zero-order valence-corrected chi connectivity index (χ0v) is 16.0. The van der Waals surface area contributed by atoms with Crippen molar-refractivity contribution in [3.63, 3.8) is 0 Å². The minimum atomic E-state index is -0.497. The van der Waals surface area contributed by atoms with Gasteiger partial charge < -0.3 is 4.90 Å². The Balaban J connectivity index is 1.92. The number of nitrogens with zero attached hydrogens (tertiary/aromatic N) is 4. The van der Waals surface area contributed by atoms with Gasteiger partial charge in [-0.1, -0.05) is 12.1 Å². The summed E-state index contributed by atoms with van der Waals surface area (Å²) in [6.45, 7) is 0.794. The van der Waals surface area contributed by atoms with Gasteiger partial charge in [-0.15, -0.1) is 0 Å². The second kappa shape index (κ2) is 7.06. The summed E-state index contributed by atoms with van der Waals surface area (Å²) in [6.07, 6.45) is 1.48. The van der Waals surface area contributed by atoms with E-state index in [0.29, 0.717) is 34.0 Å². The van der Waals surface area contributed by atoms with E-state index in [4.69, 9.17) is 0 Å². The molecule has 1 aromatic heterocycles. The number of hydrogen-bond donors (Lipinski definition) is 0. The van der Waals surface area contributed by atoms with Crippen molar-refractivity contribution >= 4 is 28.3 Å². The molecule has 0 unspecified atom stereocenters. The van der Waals surface area contributed by atoms with Crippen LogP contribution in [0.4, 0.5) is 5.69 Å². The average molecular weight is 390 g/mol. The fourth-order valence-electron chi connectivity index (χ4n) is 3.56. The van der Waals surface area contributed by atoms with Crippen molar-refractivity contribution in [2.24, 2.45) is 0 Å². The van der Waals surface area contributed by atoms with Crippen LogP contribution in [0.1, 0.15) is 20.7 Å². The van der Waals surface area contributed by atoms with E-state index in [2.05, 4.69) is 4.98 Å². The van der Waals surface area contributed by atoms with Crippen LogP contribution >= 0.6 is 0 Å². The standard InChI is InChI=1S/C21H18N4O4/c1-23(2)9-10-24-20(26)15-6-3-5-13-11-14(12-16(18(13)15)21(24)27)19-17(25(28)29)7-4-8-22-19/h3-8,11-12H,9-10H2,1-2H3. The maximum absolute atomic E-state index is 13.2. The maximum atomic E-state index is 13.2. The van der Waals surface area contributed by atoms with Gasteiger partial charge in [0.05, 0.1) is 4.92 Å². The van der Waals surface area contributed by atoms with Gasteiger partial charge in [-0.2, -0.15) is 0 Å². The summed E-state index contributed by atoms with van der Waals surface area (Å²) < 4.78 is 0. The predicted molar refractivity (Wildman–Crippen MR) is 108 cm³/mol. The number of rotatable bonds is 5. The first-order chi connectivity index (χ1) is 13.9. The molecule has 2 amide bonds. The van der Waals surface area contributed by atoms with Gasteiger partial charge in [-0.05, 0) is 43.7 Å². The molecule has 0 atom stereocenters. The monoisotopic (exact) mass is 390 g/mol. The molecule has 146 valence electrons. The number of aromatic nitrogens is 1. The summed E-state index contributed by atoms with van der Waals surface area (Å²) in [5.74, 6) is -0.729. The van der Waals surface area contributed by atoms with Gasteiger partial charge in [0.2, 0.25) is 0 Å². The third-order valence-corrected chi connectivity index (χ3v) is 4.96. The summed E-state index contributed by atoms with van der Waals surface area (Å²) >= 11 is 0. The van der Waals surface area contributed by atoms with Gasteiger partial charge in [0.1, 0.15) is 5.69 Å². The number of carbonyl (C=O) groups excluding carboxylic acids is 2. The van der Waals surface area contributed by atoms with Crippen molar-refractivity contribution in [2.75, 3.05) is 27.2 Å². The minimum absolute atomic E-state index is 0.140. The summed E-state index contributed by atoms with van der Waals surface area (Å²) in [5.41, 5.74) is 1.32. The number of pyridine rings is 1. The van der Waals surface area contributed by atoms with Crippen LogP contribution in [0.3, 0.4) is 0 Å². The van der Waals surface area contributed by atoms with E-state index < -0.39 is 10.8 Å². The number of imide groups is 1. The van der Waals surface area contributed by atoms with E-state index in [-0.39, 0.29) is 23.8 Å². The molecule has 0 spiro atoms. The topological polar surface area (TPSA) is 96.7 Å². The highest BCUT2D eigenvalue weighted by molar-refractivity contribution is 6.26. The normalized spacial score (nSPS) is 13.4. The molecule has 3 aromatic rings. The van der Waals surface area contributed by atoms with Crippen LogP contribution < -0.4 is 0 Å². The number of amides is 2. The molecule has 0 N–H and O–H groups in total. The van der Waals surface area contributed by atoms with Gasteiger partial charge in [-0.25, -0.2) is 4.98 Å². The number of likely N-dealkylation sites (N-methyl/N-ethyl adjacent to an activating group) is 1. The van der Waals surface area contributed by atoms with Crippen molar-refractivity contribution in [3.05, 3.63) is 69.9 Å². The molecular weight excluding hydrogens is 372 g/mol. The zero-order valence-electron chi connectivity index (χ0n) is 16.0. The van der Waals surface area contributed by atoms with Crippen LogP contribution in [0, 0.1) is 10.1 Å². The molecule has 8 nitrogen and oxygen atoms in total. The van der Waals surface area contributed by atoms with Gasteiger partial charge in [0.25, 0.3) is 17.5 Å². The maximum Gasteiger partial charge on any atom is 0.295 e. The Kier molecular flexibility index (Phi) is 4.56. The van der Waals surface area contributed by atoms with E-state index >= 15 is 0 Å². The van der Waals surface area contributed by atoms with E-state index in [1.165, 1.54) is 23.2 Å². The molecule has 0 radical (unpaired) electrons. The van der Waals surface area contributed by atoms with Gasteiger partial charge in [-0.3, -0.25) is 24.6 Å². The molecule has 0 fully saturated rings. The lowest BCUT2D eigenvalue weighted by Crippen LogP contribution is -2.43. The largest absolute Gasteiger partial charge is 0.308 e. The van der Waals surface area contributed by atoms with Crippen LogP contribution in [0.25, 0.3) is 22.0 Å². The quantitative estimate of drug-likeness (QED) is 0.377. The molecule has 4 rings (SSSR count). The van der Waals surface area contributed by atoms with Crippen molar-refractivity contribution in [1.82, 2.24) is 14.8 Å². The smallest absolute Gasteiger partial charge is 0.295 e. The Hall–Kier alpha value is -3.65. The number of carbonyl (C=O) groups is 2. The molecule has 0 bridgehead atoms. The van der Waals surface area contributed by atoms with Crippen molar-refractivity contribution in [3.8, 4) is 11.3 Å². The number of nitro groups is 1. The van der Waals surface area contributed by atoms with E-state index in [1.54, 1.807) is 30.3 Å². The van der Waals surface area contributed by atoms with Gasteiger partial charge in [0, 0.05) is 47.4 Å². The lowest BCUT2D eigenvalue weighted by Gasteiger charge is -2.28. The Labute approximate surface area is 166 Å². The first-order valence-corrected chi connectivity index (χ1v) is 9.06. The summed E-state index contributed by atoms with van der Waals surface area (Å²) in [5, 5.41) is 12.7. The molecule has 0 aliphatic carbocycles. The fraction of sp³-hybridized carbons (Fsp3) is 0.190. The molecule has 8 heteroatoms. The highest BCUT2D eigenvalue weighted by atomic mass is 16.6. The Morgan fingerprint density at radius 1 is 1.07 bits per heavy atom. The molecule has 1 aliphatic heterocycles. The highest BCUT2D eigenvalue weighted by Crippen LogP contribution is 2.36. The lowest BCUT2D eigenvalue weighted by molar-refractivity contribution is -0.384. The fourth-order valence-corrected chi connectivity index (χ4v) is 3.56. The average Bonchev–Trinajstić information content (AvgIpc) is 2.71. The second-order valence-corrected chi connectivity index (χ2v) is 7.12. The first-order valence-electron chi connectivity index (χ1n) is 9.06. The molecule has 2 aromatic carbocycles. The summed E-state index contributed by atoms with van der Waals surface area (Å²) in [6, 6.07) is 11.4. The molecule has 0 saturated carbocycles. The Morgan fingerprint density at radius 3 is 2.55 bits per heavy atom. The zero-order chi connectivity index (χ0) is 20.7.